The van der Waals surface area contributed by atoms with Crippen molar-refractivity contribution < 1.29 is 8.42 Å². The van der Waals surface area contributed by atoms with Gasteiger partial charge in [-0.25, -0.2) is 8.42 Å². The van der Waals surface area contributed by atoms with Crippen molar-refractivity contribution in [3.8, 4) is 0 Å². The van der Waals surface area contributed by atoms with Gasteiger partial charge >= 0.3 is 0 Å². The van der Waals surface area contributed by atoms with Crippen LogP contribution in [-0.4, -0.2) is 25.8 Å². The zero-order chi connectivity index (χ0) is 12.6. The Kier molecular flexibility index (Phi) is 3.34. The minimum Gasteiger partial charge on any atom is -0.398 e. The maximum atomic E-state index is 12.3. The SMILES string of the molecule is CN(C1CCC1)S(=O)(=O)c1ccc(N)c(Cl)c1. The predicted octanol–water partition coefficient (Wildman–Crippen LogP) is 2.10. The van der Waals surface area contributed by atoms with Gasteiger partial charge in [0, 0.05) is 13.1 Å². The van der Waals surface area contributed by atoms with Crippen molar-refractivity contribution >= 4 is 27.3 Å². The second-order valence-electron chi connectivity index (χ2n) is 4.29. The number of halogens is 1. The lowest BCUT2D eigenvalue weighted by Gasteiger charge is -2.33. The number of nitrogens with two attached hydrogens (primary N) is 1. The van der Waals surface area contributed by atoms with Crippen LogP contribution < -0.4 is 5.73 Å². The molecule has 0 bridgehead atoms. The lowest BCUT2D eigenvalue weighted by molar-refractivity contribution is 0.249. The Labute approximate surface area is 106 Å². The summed E-state index contributed by atoms with van der Waals surface area (Å²) in [5.74, 6) is 0. The van der Waals surface area contributed by atoms with Gasteiger partial charge in [-0.3, -0.25) is 0 Å². The number of nitrogens with zero attached hydrogens (tertiary/aromatic N) is 1. The molecule has 0 aliphatic heterocycles. The number of hydrogen-bond donors (Lipinski definition) is 1. The van der Waals surface area contributed by atoms with Crippen LogP contribution >= 0.6 is 11.6 Å². The molecule has 2 N–H and O–H groups in total. The largest absolute Gasteiger partial charge is 0.398 e. The van der Waals surface area contributed by atoms with Gasteiger partial charge in [-0.2, -0.15) is 4.31 Å². The van der Waals surface area contributed by atoms with Crippen LogP contribution in [0.5, 0.6) is 0 Å². The summed E-state index contributed by atoms with van der Waals surface area (Å²) in [6.07, 6.45) is 2.95. The van der Waals surface area contributed by atoms with Gasteiger partial charge in [0.15, 0.2) is 0 Å². The molecule has 0 atom stereocenters. The van der Waals surface area contributed by atoms with E-state index >= 15 is 0 Å². The Hall–Kier alpha value is -0.780. The van der Waals surface area contributed by atoms with Crippen LogP contribution in [0, 0.1) is 0 Å². The number of hydrogen-bond acceptors (Lipinski definition) is 3. The highest BCUT2D eigenvalue weighted by Gasteiger charge is 2.31. The molecule has 0 heterocycles. The molecule has 0 aromatic heterocycles. The summed E-state index contributed by atoms with van der Waals surface area (Å²) in [4.78, 5) is 0.200. The van der Waals surface area contributed by atoms with E-state index in [0.29, 0.717) is 5.69 Å². The average Bonchev–Trinajstić information content (AvgIpc) is 2.19. The summed E-state index contributed by atoms with van der Waals surface area (Å²) in [6.45, 7) is 0. The molecule has 0 amide bonds. The quantitative estimate of drug-likeness (QED) is 0.859. The molecule has 1 aromatic carbocycles. The van der Waals surface area contributed by atoms with Gasteiger partial charge in [0.25, 0.3) is 0 Å². The van der Waals surface area contributed by atoms with Crippen LogP contribution in [0.25, 0.3) is 0 Å². The third-order valence-corrected chi connectivity index (χ3v) is 5.47. The molecule has 2 rings (SSSR count). The first-order valence-electron chi connectivity index (χ1n) is 5.46. The molecule has 0 unspecified atom stereocenters. The maximum absolute atomic E-state index is 12.3. The zero-order valence-electron chi connectivity index (χ0n) is 9.56. The van der Waals surface area contributed by atoms with Crippen molar-refractivity contribution in [2.45, 2.75) is 30.2 Å². The standard InChI is InChI=1S/C11H15ClN2O2S/c1-14(8-3-2-4-8)17(15,16)9-5-6-11(13)10(12)7-9/h5-8H,2-4,13H2,1H3. The summed E-state index contributed by atoms with van der Waals surface area (Å²) >= 11 is 5.84. The fourth-order valence-corrected chi connectivity index (χ4v) is 3.47. The van der Waals surface area contributed by atoms with Crippen LogP contribution in [0.3, 0.4) is 0 Å². The third kappa shape index (κ3) is 2.27. The summed E-state index contributed by atoms with van der Waals surface area (Å²) in [7, 11) is -1.83. The molecule has 1 aromatic rings. The summed E-state index contributed by atoms with van der Waals surface area (Å²) < 4.78 is 25.9. The Balaban J connectivity index is 2.33. The Bertz CT molecular complexity index is 526. The third-order valence-electron chi connectivity index (χ3n) is 3.24. The molecule has 94 valence electrons. The van der Waals surface area contributed by atoms with E-state index in [2.05, 4.69) is 0 Å². The van der Waals surface area contributed by atoms with Crippen molar-refractivity contribution in [1.29, 1.82) is 0 Å². The van der Waals surface area contributed by atoms with Crippen LogP contribution in [0.1, 0.15) is 19.3 Å². The van der Waals surface area contributed by atoms with E-state index in [0.717, 1.165) is 19.3 Å². The number of sulfonamides is 1. The highest BCUT2D eigenvalue weighted by Crippen LogP contribution is 2.30. The Morgan fingerprint density at radius 2 is 2.06 bits per heavy atom. The zero-order valence-corrected chi connectivity index (χ0v) is 11.1. The average molecular weight is 275 g/mol. The van der Waals surface area contributed by atoms with Crippen molar-refractivity contribution in [2.24, 2.45) is 0 Å². The summed E-state index contributed by atoms with van der Waals surface area (Å²) in [6, 6.07) is 4.54. The van der Waals surface area contributed by atoms with E-state index in [1.165, 1.54) is 22.5 Å². The minimum absolute atomic E-state index is 0.122. The number of anilines is 1. The van der Waals surface area contributed by atoms with Gasteiger partial charge in [0.05, 0.1) is 15.6 Å². The fourth-order valence-electron chi connectivity index (χ4n) is 1.78. The van der Waals surface area contributed by atoms with E-state index in [4.69, 9.17) is 17.3 Å². The molecule has 1 fully saturated rings. The van der Waals surface area contributed by atoms with E-state index < -0.39 is 10.0 Å². The molecule has 1 aliphatic rings. The van der Waals surface area contributed by atoms with E-state index in [9.17, 15) is 8.42 Å². The van der Waals surface area contributed by atoms with Crippen molar-refractivity contribution in [3.63, 3.8) is 0 Å². The van der Waals surface area contributed by atoms with E-state index in [1.807, 2.05) is 0 Å². The second kappa shape index (κ2) is 4.48. The molecule has 4 nitrogen and oxygen atoms in total. The highest BCUT2D eigenvalue weighted by molar-refractivity contribution is 7.89. The lowest BCUT2D eigenvalue weighted by atomic mass is 9.94. The Morgan fingerprint density at radius 3 is 2.53 bits per heavy atom. The lowest BCUT2D eigenvalue weighted by Crippen LogP contribution is -2.41. The van der Waals surface area contributed by atoms with Crippen LogP contribution in [-0.2, 0) is 10.0 Å². The van der Waals surface area contributed by atoms with Gasteiger partial charge in [-0.15, -0.1) is 0 Å². The monoisotopic (exact) mass is 274 g/mol. The minimum atomic E-state index is -3.44. The fraction of sp³-hybridized carbons (Fsp3) is 0.455. The van der Waals surface area contributed by atoms with Crippen LogP contribution in [0.4, 0.5) is 5.69 Å². The van der Waals surface area contributed by atoms with Gasteiger partial charge < -0.3 is 5.73 Å². The Morgan fingerprint density at radius 1 is 1.41 bits per heavy atom. The maximum Gasteiger partial charge on any atom is 0.243 e. The smallest absolute Gasteiger partial charge is 0.243 e. The number of benzene rings is 1. The molecule has 0 saturated heterocycles. The number of nitrogen functional groups attached to an aromatic ring is 1. The molecule has 0 spiro atoms. The van der Waals surface area contributed by atoms with Crippen LogP contribution in [0.2, 0.25) is 5.02 Å². The van der Waals surface area contributed by atoms with Gasteiger partial charge in [0.1, 0.15) is 0 Å². The van der Waals surface area contributed by atoms with E-state index in [-0.39, 0.29) is 16.0 Å². The van der Waals surface area contributed by atoms with E-state index in [1.54, 1.807) is 7.05 Å². The first-order chi connectivity index (χ1) is 7.93. The van der Waals surface area contributed by atoms with Crippen molar-refractivity contribution in [2.75, 3.05) is 12.8 Å². The van der Waals surface area contributed by atoms with Crippen molar-refractivity contribution in [3.05, 3.63) is 23.2 Å². The first kappa shape index (κ1) is 12.7. The summed E-state index contributed by atoms with van der Waals surface area (Å²) in [5, 5.41) is 0.271. The predicted molar refractivity (Wildman–Crippen MR) is 68.5 cm³/mol. The topological polar surface area (TPSA) is 63.4 Å². The first-order valence-corrected chi connectivity index (χ1v) is 7.28. The highest BCUT2D eigenvalue weighted by atomic mass is 35.5. The van der Waals surface area contributed by atoms with Gasteiger partial charge in [-0.1, -0.05) is 18.0 Å². The number of rotatable bonds is 3. The molecule has 17 heavy (non-hydrogen) atoms. The molecule has 6 heteroatoms. The molecule has 1 saturated carbocycles. The van der Waals surface area contributed by atoms with Crippen molar-refractivity contribution in [1.82, 2.24) is 4.31 Å². The van der Waals surface area contributed by atoms with Crippen LogP contribution in [0.15, 0.2) is 23.1 Å². The van der Waals surface area contributed by atoms with Gasteiger partial charge in [-0.05, 0) is 31.0 Å². The molecular weight excluding hydrogens is 260 g/mol. The molecule has 1 aliphatic carbocycles. The van der Waals surface area contributed by atoms with Gasteiger partial charge in [0.2, 0.25) is 10.0 Å². The molecule has 0 radical (unpaired) electrons. The second-order valence-corrected chi connectivity index (χ2v) is 6.69. The molecular formula is C11H15ClN2O2S. The normalized spacial score (nSPS) is 17.1. The summed E-state index contributed by atoms with van der Waals surface area (Å²) in [5.41, 5.74) is 5.95.